The molecule has 18 nitrogen and oxygen atoms in total. The van der Waals surface area contributed by atoms with E-state index >= 15 is 0 Å². The summed E-state index contributed by atoms with van der Waals surface area (Å²) in [6, 6.07) is 35.4. The predicted molar refractivity (Wildman–Crippen MR) is 285 cm³/mol. The summed E-state index contributed by atoms with van der Waals surface area (Å²) in [7, 11) is -6.50. The summed E-state index contributed by atoms with van der Waals surface area (Å²) in [5, 5.41) is 57.8. The third kappa shape index (κ3) is 13.7. The van der Waals surface area contributed by atoms with Crippen LogP contribution in [0.5, 0.6) is 23.0 Å². The van der Waals surface area contributed by atoms with Crippen LogP contribution >= 0.6 is 23.2 Å². The number of nitrogens with one attached hydrogen (secondary N) is 1. The van der Waals surface area contributed by atoms with E-state index in [4.69, 9.17) is 32.7 Å². The standard InChI is InChI=1S/2C26H22ClN3O6S.Ba/c2*1-3-15-11-21(27)25(37(33,34)35)22(12-15)29-30-23-19-10-5-4-7-16(19)13-20(24(23)31)26(32)28-17-8-6-9-18(14-17)36-2;/h2*4-14,31H,3H2,1-2H3,(H,28,32)(H,33,34,35);/q;;+2/p-2. The minimum Gasteiger partial charge on any atom is -0.871 e. The first kappa shape index (κ1) is 57.9. The van der Waals surface area contributed by atoms with Crippen molar-refractivity contribution in [3.8, 4) is 23.0 Å². The topological polar surface area (TPSA) is 284 Å². The zero-order valence-electron chi connectivity index (χ0n) is 40.1. The molecule has 380 valence electrons. The van der Waals surface area contributed by atoms with Gasteiger partial charge in [0.1, 0.15) is 38.4 Å². The van der Waals surface area contributed by atoms with Gasteiger partial charge in [-0.15, -0.1) is 15.3 Å². The number of aryl methyl sites for hydroxylation is 2. The SMILES string of the molecule is CCc1cc(Cl)c(S(=O)(=O)O)c(N=Nc2c(O)c(C(=O)Nc3cccc(OC)c3)cc3ccccc23)c1.CCc1cc(Cl)c(S(=O)(=O)O)c(N=Nc2c([O-])c(C([O-])=Nc3cccc(OC)c3)cc3ccccc23)c1.[Ba+2]. The van der Waals surface area contributed by atoms with E-state index in [0.29, 0.717) is 68.4 Å². The molecule has 0 aliphatic rings. The van der Waals surface area contributed by atoms with Gasteiger partial charge in [-0.05, 0) is 107 Å². The molecule has 8 aromatic rings. The molecule has 0 radical (unpaired) electrons. The van der Waals surface area contributed by atoms with Gasteiger partial charge in [-0.1, -0.05) is 103 Å². The Balaban J connectivity index is 0.000000241. The summed E-state index contributed by atoms with van der Waals surface area (Å²) in [6.07, 6.45) is 1.02. The zero-order valence-corrected chi connectivity index (χ0v) is 47.7. The van der Waals surface area contributed by atoms with Gasteiger partial charge in [0.05, 0.1) is 41.2 Å². The van der Waals surface area contributed by atoms with Crippen molar-refractivity contribution in [2.75, 3.05) is 19.5 Å². The number of rotatable bonds is 14. The molecular formula is C52H42BaCl2N6O12S2. The van der Waals surface area contributed by atoms with E-state index in [2.05, 4.69) is 30.8 Å². The Morgan fingerprint density at radius 3 is 1.63 bits per heavy atom. The molecule has 4 N–H and O–H groups in total. The van der Waals surface area contributed by atoms with Crippen LogP contribution in [0.1, 0.15) is 40.9 Å². The average Bonchev–Trinajstić information content (AvgIpc) is 3.36. The van der Waals surface area contributed by atoms with Crippen LogP contribution in [0.15, 0.2) is 169 Å². The van der Waals surface area contributed by atoms with Gasteiger partial charge in [0, 0.05) is 28.6 Å². The number of aromatic hydroxyl groups is 1. The average molecular weight is 1220 g/mol. The Morgan fingerprint density at radius 2 is 1.11 bits per heavy atom. The van der Waals surface area contributed by atoms with E-state index in [1.54, 1.807) is 97.1 Å². The molecule has 0 aliphatic heterocycles. The minimum atomic E-state index is -4.75. The second-order valence-electron chi connectivity index (χ2n) is 15.9. The Hall–Kier alpha value is -6.41. The summed E-state index contributed by atoms with van der Waals surface area (Å²) in [5.74, 6) is -1.58. The van der Waals surface area contributed by atoms with Crippen LogP contribution in [0.25, 0.3) is 21.5 Å². The number of amides is 1. The van der Waals surface area contributed by atoms with E-state index in [0.717, 1.165) is 0 Å². The number of fused-ring (bicyclic) bond motifs is 2. The Kier molecular flexibility index (Phi) is 19.3. The monoisotopic (exact) mass is 1210 g/mol. The molecule has 0 aromatic heterocycles. The number of azo groups is 2. The molecule has 0 saturated carbocycles. The number of carbonyl (C=O) groups excluding carboxylic acids is 1. The summed E-state index contributed by atoms with van der Waals surface area (Å²) in [4.78, 5) is 15.9. The summed E-state index contributed by atoms with van der Waals surface area (Å²) >= 11 is 12.2. The van der Waals surface area contributed by atoms with E-state index in [1.165, 1.54) is 50.6 Å². The number of nitrogens with zero attached hydrogens (tertiary/aromatic N) is 5. The van der Waals surface area contributed by atoms with Crippen LogP contribution in [-0.4, -0.2) is 106 Å². The van der Waals surface area contributed by atoms with Crippen molar-refractivity contribution < 1.29 is 55.5 Å². The second-order valence-corrected chi connectivity index (χ2v) is 19.4. The Morgan fingerprint density at radius 1 is 0.627 bits per heavy atom. The number of benzene rings is 8. The number of halogens is 2. The number of phenols is 1. The van der Waals surface area contributed by atoms with Crippen LogP contribution in [-0.2, 0) is 33.1 Å². The van der Waals surface area contributed by atoms with E-state index < -0.39 is 53.3 Å². The first-order valence-corrected chi connectivity index (χ1v) is 25.6. The zero-order chi connectivity index (χ0) is 53.5. The van der Waals surface area contributed by atoms with E-state index in [-0.39, 0.29) is 92.8 Å². The van der Waals surface area contributed by atoms with Gasteiger partial charge in [0.2, 0.25) is 0 Å². The van der Waals surface area contributed by atoms with Crippen molar-refractivity contribution in [1.29, 1.82) is 0 Å². The Labute approximate surface area is 481 Å². The molecule has 8 rings (SSSR count). The number of methoxy groups -OCH3 is 2. The van der Waals surface area contributed by atoms with Crippen molar-refractivity contribution in [2.45, 2.75) is 36.5 Å². The molecule has 0 bridgehead atoms. The molecular weight excluding hydrogens is 1170 g/mol. The molecule has 0 aliphatic carbocycles. The van der Waals surface area contributed by atoms with Crippen LogP contribution in [0.4, 0.5) is 34.1 Å². The van der Waals surface area contributed by atoms with Crippen LogP contribution < -0.4 is 25.0 Å². The fourth-order valence-electron chi connectivity index (χ4n) is 7.46. The van der Waals surface area contributed by atoms with Gasteiger partial charge in [-0.25, -0.2) is 0 Å². The van der Waals surface area contributed by atoms with Gasteiger partial charge >= 0.3 is 48.9 Å². The molecule has 0 heterocycles. The van der Waals surface area contributed by atoms with E-state index in [9.17, 15) is 46.1 Å². The molecule has 0 unspecified atom stereocenters. The van der Waals surface area contributed by atoms with E-state index in [1.807, 2.05) is 13.8 Å². The predicted octanol–water partition coefficient (Wildman–Crippen LogP) is 11.5. The molecule has 0 saturated heterocycles. The number of anilines is 1. The fraction of sp³-hybridized carbons (Fsp3) is 0.115. The molecule has 8 aromatic carbocycles. The molecule has 23 heteroatoms. The summed E-state index contributed by atoms with van der Waals surface area (Å²) in [5.41, 5.74) is 1.01. The number of hydrogen-bond acceptors (Lipinski definition) is 15. The van der Waals surface area contributed by atoms with Gasteiger partial charge in [-0.3, -0.25) is 18.9 Å². The quantitative estimate of drug-likeness (QED) is 0.0260. The number of phenolic OH excluding ortho intramolecular Hbond substituents is 1. The summed E-state index contributed by atoms with van der Waals surface area (Å²) in [6.45, 7) is 3.66. The van der Waals surface area contributed by atoms with Gasteiger partial charge in [-0.2, -0.15) is 21.9 Å². The molecule has 75 heavy (non-hydrogen) atoms. The van der Waals surface area contributed by atoms with Crippen LogP contribution in [0.2, 0.25) is 10.0 Å². The molecule has 0 atom stereocenters. The second kappa shape index (κ2) is 25.0. The largest absolute Gasteiger partial charge is 2.00 e. The van der Waals surface area contributed by atoms with Gasteiger partial charge in [0.15, 0.2) is 5.75 Å². The van der Waals surface area contributed by atoms with Crippen LogP contribution in [0.3, 0.4) is 0 Å². The maximum absolute atomic E-state index is 13.4. The van der Waals surface area contributed by atoms with Gasteiger partial charge in [0.25, 0.3) is 26.1 Å². The molecule has 0 fully saturated rings. The summed E-state index contributed by atoms with van der Waals surface area (Å²) < 4.78 is 77.6. The van der Waals surface area contributed by atoms with Crippen molar-refractivity contribution in [1.82, 2.24) is 0 Å². The molecule has 0 spiro atoms. The number of carbonyl (C=O) groups is 1. The first-order valence-electron chi connectivity index (χ1n) is 22.0. The number of ether oxygens (including phenoxy) is 2. The number of hydrogen-bond donors (Lipinski definition) is 4. The van der Waals surface area contributed by atoms with Gasteiger partial charge < -0.3 is 30.1 Å². The maximum Gasteiger partial charge on any atom is 2.00 e. The van der Waals surface area contributed by atoms with Crippen molar-refractivity contribution >= 4 is 160 Å². The van der Waals surface area contributed by atoms with Crippen molar-refractivity contribution in [3.05, 3.63) is 166 Å². The van der Waals surface area contributed by atoms with Crippen molar-refractivity contribution in [3.63, 3.8) is 0 Å². The first-order chi connectivity index (χ1) is 35.2. The fourth-order valence-corrected chi connectivity index (χ4v) is 9.86. The third-order valence-electron chi connectivity index (χ3n) is 11.1. The Bertz CT molecular complexity index is 3830. The third-order valence-corrected chi connectivity index (χ3v) is 13.8. The normalized spacial score (nSPS) is 11.9. The smallest absolute Gasteiger partial charge is 0.871 e. The molecule has 1 amide bonds. The van der Waals surface area contributed by atoms with Crippen LogP contribution in [0, 0.1) is 0 Å². The maximum atomic E-state index is 13.4. The van der Waals surface area contributed by atoms with Crippen molar-refractivity contribution in [2.24, 2.45) is 25.4 Å². The minimum absolute atomic E-state index is 0. The number of aliphatic imine (C=N–C) groups is 1.